The molecule has 0 aliphatic rings. The summed E-state index contributed by atoms with van der Waals surface area (Å²) in [5.41, 5.74) is 0. The van der Waals surface area contributed by atoms with Gasteiger partial charge in [0, 0.05) is 0 Å². The van der Waals surface area contributed by atoms with Gasteiger partial charge in [-0.05, 0) is 6.92 Å². The highest BCUT2D eigenvalue weighted by Crippen LogP contribution is 2.62. The third-order valence-electron chi connectivity index (χ3n) is 0.931. The second-order valence-electron chi connectivity index (χ2n) is 1.80. The molecule has 0 rings (SSSR count). The molecule has 0 saturated carbocycles. The van der Waals surface area contributed by atoms with E-state index in [9.17, 15) is 4.57 Å². The highest BCUT2D eigenvalue weighted by Gasteiger charge is 2.47. The van der Waals surface area contributed by atoms with E-state index in [1.54, 1.807) is 0 Å². The summed E-state index contributed by atoms with van der Waals surface area (Å²) >= 11 is 0. The van der Waals surface area contributed by atoms with Crippen LogP contribution in [0.5, 0.6) is 0 Å². The van der Waals surface area contributed by atoms with Gasteiger partial charge in [-0.25, -0.2) is 0 Å². The zero-order valence-corrected chi connectivity index (χ0v) is 6.83. The van der Waals surface area contributed by atoms with Crippen LogP contribution in [0.25, 0.3) is 0 Å². The first-order valence-corrected chi connectivity index (χ1v) is 5.01. The molecule has 0 aliphatic carbocycles. The Morgan fingerprint density at radius 3 is 1.70 bits per heavy atom. The number of rotatable bonds is 2. The molecular formula is C2H8O6P2. The predicted octanol–water partition coefficient (Wildman–Crippen LogP) is -0.873. The average molecular weight is 190 g/mol. The lowest BCUT2D eigenvalue weighted by molar-refractivity contribution is 0.163. The molecule has 8 heteroatoms. The molecule has 0 fully saturated rings. The van der Waals surface area contributed by atoms with Gasteiger partial charge in [0.15, 0.2) is 0 Å². The fourth-order valence-corrected chi connectivity index (χ4v) is 1.05. The normalized spacial score (nSPS) is 19.1. The molecule has 6 nitrogen and oxygen atoms in total. The van der Waals surface area contributed by atoms with Crippen molar-refractivity contribution < 1.29 is 29.2 Å². The Labute approximate surface area is 58.2 Å². The van der Waals surface area contributed by atoms with Crippen LogP contribution in [0, 0.1) is 0 Å². The minimum absolute atomic E-state index is 0.666. The van der Waals surface area contributed by atoms with Crippen molar-refractivity contribution >= 4 is 16.0 Å². The maximum atomic E-state index is 10.2. The van der Waals surface area contributed by atoms with Gasteiger partial charge in [0.2, 0.25) is 13.5 Å². The summed E-state index contributed by atoms with van der Waals surface area (Å²) in [5, 5.41) is 5.97. The molecule has 0 spiro atoms. The lowest BCUT2D eigenvalue weighted by atomic mass is 10.9. The average Bonchev–Trinajstić information content (AvgIpc) is 1.62. The van der Waals surface area contributed by atoms with Gasteiger partial charge in [-0.3, -0.25) is 4.57 Å². The van der Waals surface area contributed by atoms with Gasteiger partial charge in [-0.1, -0.05) is 0 Å². The highest BCUT2D eigenvalue weighted by molar-refractivity contribution is 7.69. The molecular weight excluding hydrogens is 182 g/mol. The first-order chi connectivity index (χ1) is 4.19. The molecule has 0 amide bonds. The van der Waals surface area contributed by atoms with Crippen molar-refractivity contribution in [2.24, 2.45) is 0 Å². The summed E-state index contributed by atoms with van der Waals surface area (Å²) < 4.78 is 10.2. The maximum Gasteiger partial charge on any atom is 0.365 e. The van der Waals surface area contributed by atoms with Crippen LogP contribution in [-0.2, 0) is 4.57 Å². The zero-order chi connectivity index (χ0) is 8.58. The number of hydrogen-bond donors (Lipinski definition) is 5. The van der Waals surface area contributed by atoms with Gasteiger partial charge in [0.1, 0.15) is 0 Å². The van der Waals surface area contributed by atoms with E-state index in [0.717, 1.165) is 0 Å². The quantitative estimate of drug-likeness (QED) is 0.361. The summed E-state index contributed by atoms with van der Waals surface area (Å²) in [7, 11) is -7.88. The van der Waals surface area contributed by atoms with Crippen LogP contribution in [0.4, 0.5) is 0 Å². The van der Waals surface area contributed by atoms with E-state index in [0.29, 0.717) is 6.92 Å². The largest absolute Gasteiger partial charge is 0.370 e. The summed E-state index contributed by atoms with van der Waals surface area (Å²) in [4.78, 5) is 33.1. The van der Waals surface area contributed by atoms with Crippen molar-refractivity contribution in [1.82, 2.24) is 0 Å². The molecule has 1 unspecified atom stereocenters. The van der Waals surface area contributed by atoms with E-state index >= 15 is 0 Å². The minimum Gasteiger partial charge on any atom is -0.370 e. The Hall–Kier alpha value is 0.460. The standard InChI is InChI=1S/C2H8O6P2/c1-2(3,9(4)5)10(6,7)8/h3-5H,1H3,(H2,6,7,8). The van der Waals surface area contributed by atoms with Crippen molar-refractivity contribution in [3.8, 4) is 0 Å². The number of hydrogen-bond acceptors (Lipinski definition) is 4. The van der Waals surface area contributed by atoms with Gasteiger partial charge >= 0.3 is 7.60 Å². The molecule has 0 aromatic carbocycles. The summed E-state index contributed by atoms with van der Waals surface area (Å²) in [6, 6.07) is 0. The van der Waals surface area contributed by atoms with Gasteiger partial charge in [-0.2, -0.15) is 0 Å². The first kappa shape index (κ1) is 10.5. The van der Waals surface area contributed by atoms with Gasteiger partial charge < -0.3 is 24.7 Å². The second-order valence-corrected chi connectivity index (χ2v) is 5.57. The topological polar surface area (TPSA) is 118 Å². The first-order valence-electron chi connectivity index (χ1n) is 2.15. The molecule has 0 bridgehead atoms. The SMILES string of the molecule is CC(O)(P(O)O)P(=O)(O)O. The molecule has 0 heterocycles. The van der Waals surface area contributed by atoms with E-state index in [2.05, 4.69) is 0 Å². The molecule has 62 valence electrons. The Morgan fingerprint density at radius 2 is 1.70 bits per heavy atom. The van der Waals surface area contributed by atoms with E-state index in [1.165, 1.54) is 0 Å². The molecule has 0 aromatic heterocycles. The zero-order valence-electron chi connectivity index (χ0n) is 5.04. The Balaban J connectivity index is 4.58. The van der Waals surface area contributed by atoms with Gasteiger partial charge in [0.05, 0.1) is 0 Å². The third-order valence-corrected chi connectivity index (χ3v) is 4.11. The predicted molar refractivity (Wildman–Crippen MR) is 34.0 cm³/mol. The molecule has 0 saturated heterocycles. The highest BCUT2D eigenvalue weighted by atomic mass is 31.2. The lowest BCUT2D eigenvalue weighted by Gasteiger charge is -2.24. The van der Waals surface area contributed by atoms with E-state index in [-0.39, 0.29) is 0 Å². The molecule has 10 heavy (non-hydrogen) atoms. The van der Waals surface area contributed by atoms with E-state index in [4.69, 9.17) is 24.7 Å². The molecule has 1 atom stereocenters. The minimum atomic E-state index is -4.84. The Bertz CT molecular complexity index is 157. The van der Waals surface area contributed by atoms with Crippen molar-refractivity contribution in [2.75, 3.05) is 0 Å². The fourth-order valence-electron chi connectivity index (χ4n) is 0.117. The van der Waals surface area contributed by atoms with Crippen LogP contribution in [0.15, 0.2) is 0 Å². The van der Waals surface area contributed by atoms with Crippen molar-refractivity contribution in [3.63, 3.8) is 0 Å². The van der Waals surface area contributed by atoms with E-state index in [1.807, 2.05) is 0 Å². The van der Waals surface area contributed by atoms with Crippen molar-refractivity contribution in [3.05, 3.63) is 0 Å². The van der Waals surface area contributed by atoms with Crippen molar-refractivity contribution in [2.45, 2.75) is 12.0 Å². The number of aliphatic hydroxyl groups is 1. The van der Waals surface area contributed by atoms with Gasteiger partial charge in [0.25, 0.3) is 0 Å². The molecule has 0 aliphatic heterocycles. The Kier molecular flexibility index (Phi) is 2.96. The van der Waals surface area contributed by atoms with Crippen molar-refractivity contribution in [1.29, 1.82) is 0 Å². The summed E-state index contributed by atoms with van der Waals surface area (Å²) in [6.07, 6.45) is 0. The summed E-state index contributed by atoms with van der Waals surface area (Å²) in [6.45, 7) is 0.666. The second kappa shape index (κ2) is 2.83. The maximum absolute atomic E-state index is 10.2. The monoisotopic (exact) mass is 190 g/mol. The molecule has 0 radical (unpaired) electrons. The van der Waals surface area contributed by atoms with E-state index < -0.39 is 21.1 Å². The fraction of sp³-hybridized carbons (Fsp3) is 1.00. The Morgan fingerprint density at radius 1 is 1.40 bits per heavy atom. The van der Waals surface area contributed by atoms with Crippen LogP contribution in [0.2, 0.25) is 0 Å². The third kappa shape index (κ3) is 1.97. The van der Waals surface area contributed by atoms with Crippen LogP contribution in [0.3, 0.4) is 0 Å². The van der Waals surface area contributed by atoms with Crippen LogP contribution in [0.1, 0.15) is 6.92 Å². The van der Waals surface area contributed by atoms with Crippen LogP contribution in [-0.4, -0.2) is 29.8 Å². The van der Waals surface area contributed by atoms with Gasteiger partial charge in [-0.15, -0.1) is 0 Å². The lowest BCUT2D eigenvalue weighted by Crippen LogP contribution is -2.21. The molecule has 5 N–H and O–H groups in total. The van der Waals surface area contributed by atoms with Crippen LogP contribution < -0.4 is 0 Å². The smallest absolute Gasteiger partial charge is 0.365 e. The molecule has 0 aromatic rings. The van der Waals surface area contributed by atoms with Crippen LogP contribution >= 0.6 is 16.0 Å². The summed E-state index contributed by atoms with van der Waals surface area (Å²) in [5.74, 6) is 0.